The lowest BCUT2D eigenvalue weighted by molar-refractivity contribution is 0.217. The van der Waals surface area contributed by atoms with Crippen LogP contribution in [0.3, 0.4) is 0 Å². The predicted molar refractivity (Wildman–Crippen MR) is 79.5 cm³/mol. The van der Waals surface area contributed by atoms with E-state index >= 15 is 0 Å². The van der Waals surface area contributed by atoms with Gasteiger partial charge < -0.3 is 19.9 Å². The largest absolute Gasteiger partial charge is 0.494 e. The molecule has 2 aromatic rings. The minimum absolute atomic E-state index is 0.446. The highest BCUT2D eigenvalue weighted by Gasteiger charge is 1.99. The van der Waals surface area contributed by atoms with Gasteiger partial charge >= 0.3 is 0 Å². The molecule has 4 nitrogen and oxygen atoms in total. The summed E-state index contributed by atoms with van der Waals surface area (Å²) in [5.41, 5.74) is 6.41. The molecule has 0 saturated carbocycles. The molecule has 0 aromatic heterocycles. The van der Waals surface area contributed by atoms with Gasteiger partial charge in [0.15, 0.2) is 0 Å². The Balaban J connectivity index is 1.74. The number of nitrogen functional groups attached to an aromatic ring is 1. The first kappa shape index (κ1) is 14.1. The summed E-state index contributed by atoms with van der Waals surface area (Å²) in [7, 11) is 0. The Kier molecular flexibility index (Phi) is 5.12. The standard InChI is InChI=1S/C16H19NO3/c1-2-18-13-7-9-14(10-8-13)19-11-12-20-16-6-4-3-5-15(16)17/h3-10H,2,11-12,17H2,1H3. The van der Waals surface area contributed by atoms with Crippen LogP contribution in [0.15, 0.2) is 48.5 Å². The van der Waals surface area contributed by atoms with Crippen LogP contribution in [-0.2, 0) is 0 Å². The topological polar surface area (TPSA) is 53.7 Å². The monoisotopic (exact) mass is 273 g/mol. The van der Waals surface area contributed by atoms with Gasteiger partial charge in [0.2, 0.25) is 0 Å². The number of benzene rings is 2. The van der Waals surface area contributed by atoms with Crippen LogP contribution in [-0.4, -0.2) is 19.8 Å². The zero-order valence-corrected chi connectivity index (χ0v) is 11.5. The number of ether oxygens (including phenoxy) is 3. The van der Waals surface area contributed by atoms with Gasteiger partial charge in [-0.2, -0.15) is 0 Å². The van der Waals surface area contributed by atoms with Crippen molar-refractivity contribution < 1.29 is 14.2 Å². The maximum Gasteiger partial charge on any atom is 0.142 e. The first-order valence-corrected chi connectivity index (χ1v) is 6.62. The normalized spacial score (nSPS) is 10.1. The summed E-state index contributed by atoms with van der Waals surface area (Å²) in [5, 5.41) is 0. The third-order valence-corrected chi connectivity index (χ3v) is 2.66. The average molecular weight is 273 g/mol. The van der Waals surface area contributed by atoms with Gasteiger partial charge in [-0.25, -0.2) is 0 Å². The third kappa shape index (κ3) is 4.09. The van der Waals surface area contributed by atoms with Gasteiger partial charge in [-0.1, -0.05) is 12.1 Å². The number of para-hydroxylation sites is 2. The maximum atomic E-state index is 5.78. The summed E-state index contributed by atoms with van der Waals surface area (Å²) >= 11 is 0. The molecule has 0 fully saturated rings. The zero-order chi connectivity index (χ0) is 14.2. The molecule has 0 aliphatic carbocycles. The Hall–Kier alpha value is -2.36. The molecule has 0 aliphatic heterocycles. The SMILES string of the molecule is CCOc1ccc(OCCOc2ccccc2N)cc1. The fourth-order valence-electron chi connectivity index (χ4n) is 1.72. The molecular weight excluding hydrogens is 254 g/mol. The van der Waals surface area contributed by atoms with Gasteiger partial charge in [0.05, 0.1) is 12.3 Å². The van der Waals surface area contributed by atoms with Crippen LogP contribution in [0.1, 0.15) is 6.92 Å². The Morgan fingerprint density at radius 3 is 2.05 bits per heavy atom. The van der Waals surface area contributed by atoms with E-state index in [0.717, 1.165) is 11.5 Å². The molecule has 2 N–H and O–H groups in total. The molecule has 0 unspecified atom stereocenters. The van der Waals surface area contributed by atoms with Crippen LogP contribution >= 0.6 is 0 Å². The number of nitrogens with two attached hydrogens (primary N) is 1. The van der Waals surface area contributed by atoms with Crippen molar-refractivity contribution in [1.29, 1.82) is 0 Å². The molecule has 0 spiro atoms. The lowest BCUT2D eigenvalue weighted by Gasteiger charge is -2.10. The van der Waals surface area contributed by atoms with E-state index in [1.807, 2.05) is 55.5 Å². The van der Waals surface area contributed by atoms with Gasteiger partial charge in [0, 0.05) is 0 Å². The predicted octanol–water partition coefficient (Wildman–Crippen LogP) is 3.13. The fraction of sp³-hybridized carbons (Fsp3) is 0.250. The number of rotatable bonds is 7. The molecule has 0 bridgehead atoms. The van der Waals surface area contributed by atoms with Crippen molar-refractivity contribution in [3.8, 4) is 17.2 Å². The van der Waals surface area contributed by atoms with E-state index in [1.54, 1.807) is 0 Å². The van der Waals surface area contributed by atoms with Crippen molar-refractivity contribution in [3.05, 3.63) is 48.5 Å². The summed E-state index contributed by atoms with van der Waals surface area (Å²) in [6.07, 6.45) is 0. The van der Waals surface area contributed by atoms with Gasteiger partial charge in [-0.05, 0) is 43.3 Å². The van der Waals surface area contributed by atoms with Crippen molar-refractivity contribution in [2.45, 2.75) is 6.92 Å². The van der Waals surface area contributed by atoms with Crippen LogP contribution in [0.5, 0.6) is 17.2 Å². The van der Waals surface area contributed by atoms with E-state index in [-0.39, 0.29) is 0 Å². The first-order valence-electron chi connectivity index (χ1n) is 6.62. The molecule has 0 radical (unpaired) electrons. The van der Waals surface area contributed by atoms with E-state index in [0.29, 0.717) is 31.3 Å². The van der Waals surface area contributed by atoms with E-state index < -0.39 is 0 Å². The van der Waals surface area contributed by atoms with Crippen LogP contribution in [0.4, 0.5) is 5.69 Å². The highest BCUT2D eigenvalue weighted by atomic mass is 16.5. The Morgan fingerprint density at radius 1 is 0.800 bits per heavy atom. The molecule has 2 aromatic carbocycles. The van der Waals surface area contributed by atoms with Crippen molar-refractivity contribution >= 4 is 5.69 Å². The first-order chi connectivity index (χ1) is 9.79. The molecular formula is C16H19NO3. The Morgan fingerprint density at radius 2 is 1.40 bits per heavy atom. The van der Waals surface area contributed by atoms with Crippen LogP contribution in [0, 0.1) is 0 Å². The van der Waals surface area contributed by atoms with Gasteiger partial charge in [0.25, 0.3) is 0 Å². The minimum atomic E-state index is 0.446. The molecule has 0 amide bonds. The molecule has 4 heteroatoms. The smallest absolute Gasteiger partial charge is 0.142 e. The quantitative estimate of drug-likeness (QED) is 0.622. The van der Waals surface area contributed by atoms with Crippen molar-refractivity contribution in [1.82, 2.24) is 0 Å². The lowest BCUT2D eigenvalue weighted by Crippen LogP contribution is -2.09. The van der Waals surface area contributed by atoms with E-state index in [1.165, 1.54) is 0 Å². The summed E-state index contributed by atoms with van der Waals surface area (Å²) in [6.45, 7) is 3.52. The highest BCUT2D eigenvalue weighted by Crippen LogP contribution is 2.20. The number of anilines is 1. The molecule has 106 valence electrons. The summed E-state index contributed by atoms with van der Waals surface area (Å²) in [4.78, 5) is 0. The van der Waals surface area contributed by atoms with E-state index in [2.05, 4.69) is 0 Å². The summed E-state index contributed by atoms with van der Waals surface area (Å²) in [5.74, 6) is 2.31. The Labute approximate surface area is 119 Å². The maximum absolute atomic E-state index is 5.78. The molecule has 0 heterocycles. The molecule has 0 atom stereocenters. The number of hydrogen-bond donors (Lipinski definition) is 1. The second-order valence-corrected chi connectivity index (χ2v) is 4.14. The zero-order valence-electron chi connectivity index (χ0n) is 11.5. The van der Waals surface area contributed by atoms with Crippen LogP contribution in [0.2, 0.25) is 0 Å². The lowest BCUT2D eigenvalue weighted by atomic mass is 10.3. The summed E-state index contributed by atoms with van der Waals surface area (Å²) in [6, 6.07) is 14.9. The van der Waals surface area contributed by atoms with E-state index in [4.69, 9.17) is 19.9 Å². The minimum Gasteiger partial charge on any atom is -0.494 e. The van der Waals surface area contributed by atoms with Gasteiger partial charge in [0.1, 0.15) is 30.5 Å². The highest BCUT2D eigenvalue weighted by molar-refractivity contribution is 5.51. The average Bonchev–Trinajstić information content (AvgIpc) is 2.47. The van der Waals surface area contributed by atoms with Crippen LogP contribution in [0.25, 0.3) is 0 Å². The van der Waals surface area contributed by atoms with Crippen LogP contribution < -0.4 is 19.9 Å². The van der Waals surface area contributed by atoms with E-state index in [9.17, 15) is 0 Å². The third-order valence-electron chi connectivity index (χ3n) is 2.66. The fourth-order valence-corrected chi connectivity index (χ4v) is 1.72. The van der Waals surface area contributed by atoms with Gasteiger partial charge in [-0.3, -0.25) is 0 Å². The molecule has 2 rings (SSSR count). The molecule has 20 heavy (non-hydrogen) atoms. The second-order valence-electron chi connectivity index (χ2n) is 4.14. The van der Waals surface area contributed by atoms with Gasteiger partial charge in [-0.15, -0.1) is 0 Å². The Bertz CT molecular complexity index is 526. The van der Waals surface area contributed by atoms with Crippen molar-refractivity contribution in [2.75, 3.05) is 25.6 Å². The second kappa shape index (κ2) is 7.28. The van der Waals surface area contributed by atoms with Crippen molar-refractivity contribution in [3.63, 3.8) is 0 Å². The van der Waals surface area contributed by atoms with Crippen molar-refractivity contribution in [2.24, 2.45) is 0 Å². The molecule has 0 saturated heterocycles. The summed E-state index contributed by atoms with van der Waals surface area (Å²) < 4.78 is 16.5. The number of hydrogen-bond acceptors (Lipinski definition) is 4. The molecule has 0 aliphatic rings.